The van der Waals surface area contributed by atoms with Crippen molar-refractivity contribution in [1.82, 2.24) is 5.32 Å². The van der Waals surface area contributed by atoms with Gasteiger partial charge in [0.05, 0.1) is 16.2 Å². The highest BCUT2D eigenvalue weighted by molar-refractivity contribution is 7.80. The van der Waals surface area contributed by atoms with Crippen molar-refractivity contribution in [3.8, 4) is 0 Å². The third kappa shape index (κ3) is 6.04. The topological polar surface area (TPSA) is 96.3 Å². The molecule has 0 radical (unpaired) electrons. The molecule has 33 heavy (non-hydrogen) atoms. The number of nitro benzene ring substituents is 1. The molecule has 3 aromatic carbocycles. The highest BCUT2D eigenvalue weighted by atomic mass is 32.1. The number of carbonyl (C=O) groups is 1. The van der Waals surface area contributed by atoms with Crippen molar-refractivity contribution in [2.75, 3.05) is 10.6 Å². The van der Waals surface area contributed by atoms with Crippen molar-refractivity contribution >= 4 is 40.3 Å². The van der Waals surface area contributed by atoms with Crippen LogP contribution >= 0.6 is 12.2 Å². The molecule has 3 rings (SSSR count). The molecule has 0 aliphatic heterocycles. The first-order valence-corrected chi connectivity index (χ1v) is 9.90. The number of hydrogen-bond acceptors (Lipinski definition) is 4. The van der Waals surface area contributed by atoms with Crippen LogP contribution in [0, 0.1) is 10.1 Å². The number of rotatable bonds is 6. The van der Waals surface area contributed by atoms with Gasteiger partial charge in [0.2, 0.25) is 0 Å². The van der Waals surface area contributed by atoms with E-state index in [1.807, 2.05) is 0 Å². The fraction of sp³-hybridized carbons (Fsp3) is 0.0909. The van der Waals surface area contributed by atoms with Crippen LogP contribution in [0.4, 0.5) is 30.2 Å². The van der Waals surface area contributed by atoms with Gasteiger partial charge < -0.3 is 16.0 Å². The molecule has 0 saturated heterocycles. The second-order valence-corrected chi connectivity index (χ2v) is 7.16. The second-order valence-electron chi connectivity index (χ2n) is 6.75. The predicted octanol–water partition coefficient (Wildman–Crippen LogP) is 5.28. The van der Waals surface area contributed by atoms with Crippen molar-refractivity contribution < 1.29 is 22.9 Å². The molecular formula is C22H17F3N4O3S. The highest BCUT2D eigenvalue weighted by Gasteiger charge is 2.34. The van der Waals surface area contributed by atoms with Gasteiger partial charge in [0.25, 0.3) is 11.6 Å². The normalized spacial score (nSPS) is 11.8. The zero-order valence-electron chi connectivity index (χ0n) is 16.8. The molecule has 0 spiro atoms. The van der Waals surface area contributed by atoms with E-state index in [1.165, 1.54) is 30.3 Å². The van der Waals surface area contributed by atoms with Gasteiger partial charge in [-0.3, -0.25) is 14.9 Å². The number of amides is 1. The maximum Gasteiger partial charge on any atom is 0.418 e. The molecular weight excluding hydrogens is 457 g/mol. The summed E-state index contributed by atoms with van der Waals surface area (Å²) in [5.41, 5.74) is -1.12. The van der Waals surface area contributed by atoms with Gasteiger partial charge in [-0.25, -0.2) is 0 Å². The summed E-state index contributed by atoms with van der Waals surface area (Å²) in [6, 6.07) is 17.4. The Kier molecular flexibility index (Phi) is 7.23. The second kappa shape index (κ2) is 10.1. The molecule has 0 saturated carbocycles. The quantitative estimate of drug-likeness (QED) is 0.256. The van der Waals surface area contributed by atoms with Gasteiger partial charge in [-0.15, -0.1) is 0 Å². The fourth-order valence-electron chi connectivity index (χ4n) is 3.02. The molecule has 0 aromatic heterocycles. The molecule has 0 bridgehead atoms. The fourth-order valence-corrected chi connectivity index (χ4v) is 3.25. The minimum Gasteiger partial charge on any atom is -0.347 e. The molecule has 0 aliphatic carbocycles. The Morgan fingerprint density at radius 2 is 1.45 bits per heavy atom. The summed E-state index contributed by atoms with van der Waals surface area (Å²) >= 11 is 5.22. The van der Waals surface area contributed by atoms with Gasteiger partial charge in [0.15, 0.2) is 5.11 Å². The lowest BCUT2D eigenvalue weighted by atomic mass is 10.1. The Morgan fingerprint density at radius 1 is 0.879 bits per heavy atom. The van der Waals surface area contributed by atoms with E-state index in [9.17, 15) is 28.1 Å². The minimum absolute atomic E-state index is 0.0923. The number of halogens is 3. The molecule has 170 valence electrons. The summed E-state index contributed by atoms with van der Waals surface area (Å²) < 4.78 is 40.0. The van der Waals surface area contributed by atoms with Crippen LogP contribution in [-0.2, 0) is 11.0 Å². The molecule has 1 amide bonds. The van der Waals surface area contributed by atoms with E-state index < -0.39 is 34.3 Å². The van der Waals surface area contributed by atoms with Crippen LogP contribution in [-0.4, -0.2) is 15.9 Å². The molecule has 7 nitrogen and oxygen atoms in total. The lowest BCUT2D eigenvalue weighted by Crippen LogP contribution is -2.39. The standard InChI is InChI=1S/C22H17F3N4O3S/c23-22(24,25)15-10-4-5-11-16(15)26-20(30)19(14-8-2-1-3-9-14)28-21(33)27-17-12-6-7-13-18(17)29(31)32/h1-13,19H,(H,26,30)(H2,27,28,33). The van der Waals surface area contributed by atoms with Crippen LogP contribution in [0.1, 0.15) is 17.2 Å². The van der Waals surface area contributed by atoms with Gasteiger partial charge in [0, 0.05) is 6.07 Å². The number of nitrogens with one attached hydrogen (secondary N) is 3. The Balaban J connectivity index is 1.86. The summed E-state index contributed by atoms with van der Waals surface area (Å²) in [4.78, 5) is 23.6. The summed E-state index contributed by atoms with van der Waals surface area (Å²) in [6.45, 7) is 0. The first kappa shape index (κ1) is 23.7. The van der Waals surface area contributed by atoms with E-state index in [2.05, 4.69) is 16.0 Å². The Hall–Kier alpha value is -3.99. The average Bonchev–Trinajstić information content (AvgIpc) is 2.78. The summed E-state index contributed by atoms with van der Waals surface area (Å²) in [6.07, 6.45) is -4.66. The lowest BCUT2D eigenvalue weighted by molar-refractivity contribution is -0.383. The van der Waals surface area contributed by atoms with E-state index >= 15 is 0 Å². The Bertz CT molecular complexity index is 1170. The highest BCUT2D eigenvalue weighted by Crippen LogP contribution is 2.35. The third-order valence-electron chi connectivity index (χ3n) is 4.51. The smallest absolute Gasteiger partial charge is 0.347 e. The third-order valence-corrected chi connectivity index (χ3v) is 4.73. The summed E-state index contributed by atoms with van der Waals surface area (Å²) in [5, 5.41) is 18.8. The van der Waals surface area contributed by atoms with Crippen LogP contribution < -0.4 is 16.0 Å². The number of nitro groups is 1. The summed E-state index contributed by atoms with van der Waals surface area (Å²) in [5.74, 6) is -0.801. The van der Waals surface area contributed by atoms with Crippen LogP contribution in [0.25, 0.3) is 0 Å². The zero-order chi connectivity index (χ0) is 24.0. The van der Waals surface area contributed by atoms with E-state index in [0.29, 0.717) is 5.56 Å². The van der Waals surface area contributed by atoms with E-state index in [1.54, 1.807) is 36.4 Å². The van der Waals surface area contributed by atoms with E-state index in [0.717, 1.165) is 12.1 Å². The van der Waals surface area contributed by atoms with Crippen molar-refractivity contribution in [3.05, 3.63) is 100 Å². The number of anilines is 2. The van der Waals surface area contributed by atoms with Crippen LogP contribution in [0.15, 0.2) is 78.9 Å². The number of hydrogen-bond donors (Lipinski definition) is 3. The van der Waals surface area contributed by atoms with E-state index in [4.69, 9.17) is 12.2 Å². The Labute approximate surface area is 191 Å². The molecule has 0 aliphatic rings. The van der Waals surface area contributed by atoms with Gasteiger partial charge in [-0.2, -0.15) is 13.2 Å². The van der Waals surface area contributed by atoms with Crippen LogP contribution in [0.3, 0.4) is 0 Å². The predicted molar refractivity (Wildman–Crippen MR) is 122 cm³/mol. The largest absolute Gasteiger partial charge is 0.418 e. The van der Waals surface area contributed by atoms with E-state index in [-0.39, 0.29) is 16.5 Å². The number of para-hydroxylation sites is 3. The number of nitrogens with zero attached hydrogens (tertiary/aromatic N) is 1. The number of carbonyl (C=O) groups excluding carboxylic acids is 1. The number of alkyl halides is 3. The first-order chi connectivity index (χ1) is 15.7. The average molecular weight is 474 g/mol. The van der Waals surface area contributed by atoms with Gasteiger partial charge in [-0.1, -0.05) is 54.6 Å². The maximum absolute atomic E-state index is 13.3. The van der Waals surface area contributed by atoms with Crippen LogP contribution in [0.2, 0.25) is 0 Å². The monoisotopic (exact) mass is 474 g/mol. The number of thiocarbonyl (C=S) groups is 1. The van der Waals surface area contributed by atoms with Gasteiger partial charge >= 0.3 is 6.18 Å². The maximum atomic E-state index is 13.3. The zero-order valence-corrected chi connectivity index (χ0v) is 17.6. The van der Waals surface area contributed by atoms with Crippen molar-refractivity contribution in [1.29, 1.82) is 0 Å². The molecule has 11 heteroatoms. The molecule has 1 atom stereocenters. The number of benzene rings is 3. The first-order valence-electron chi connectivity index (χ1n) is 9.50. The molecule has 0 heterocycles. The van der Waals surface area contributed by atoms with Crippen molar-refractivity contribution in [2.24, 2.45) is 0 Å². The molecule has 1 unspecified atom stereocenters. The molecule has 3 N–H and O–H groups in total. The van der Waals surface area contributed by atoms with Crippen molar-refractivity contribution in [2.45, 2.75) is 12.2 Å². The SMILES string of the molecule is O=C(Nc1ccccc1C(F)(F)F)C(NC(=S)Nc1ccccc1[N+](=O)[O-])c1ccccc1. The molecule has 3 aromatic rings. The summed E-state index contributed by atoms with van der Waals surface area (Å²) in [7, 11) is 0. The van der Waals surface area contributed by atoms with Gasteiger partial charge in [0.1, 0.15) is 11.7 Å². The van der Waals surface area contributed by atoms with Crippen LogP contribution in [0.5, 0.6) is 0 Å². The van der Waals surface area contributed by atoms with Crippen molar-refractivity contribution in [3.63, 3.8) is 0 Å². The lowest BCUT2D eigenvalue weighted by Gasteiger charge is -2.22. The minimum atomic E-state index is -4.66. The Morgan fingerprint density at radius 3 is 2.09 bits per heavy atom. The van der Waals surface area contributed by atoms with Gasteiger partial charge in [-0.05, 0) is 36.0 Å². The molecule has 0 fully saturated rings.